The molecule has 0 radical (unpaired) electrons. The van der Waals surface area contributed by atoms with Crippen LogP contribution in [0, 0.1) is 12.8 Å². The monoisotopic (exact) mass is 274 g/mol. The highest BCUT2D eigenvalue weighted by atomic mass is 16.5. The van der Waals surface area contributed by atoms with E-state index in [1.807, 2.05) is 37.3 Å². The summed E-state index contributed by atoms with van der Waals surface area (Å²) in [5.74, 6) is 2.71. The van der Waals surface area contributed by atoms with Gasteiger partial charge in [0.1, 0.15) is 17.3 Å². The molecule has 0 fully saturated rings. The highest BCUT2D eigenvalue weighted by Crippen LogP contribution is 2.35. The van der Waals surface area contributed by atoms with Gasteiger partial charge in [-0.2, -0.15) is 0 Å². The molecule has 0 spiro atoms. The Labute approximate surface area is 120 Å². The lowest BCUT2D eigenvalue weighted by Crippen LogP contribution is -2.01. The lowest BCUT2D eigenvalue weighted by atomic mass is 9.99. The fourth-order valence-corrected chi connectivity index (χ4v) is 2.38. The molecule has 0 saturated heterocycles. The van der Waals surface area contributed by atoms with E-state index in [1.165, 1.54) is 0 Å². The van der Waals surface area contributed by atoms with Gasteiger partial charge in [0, 0.05) is 5.56 Å². The average Bonchev–Trinajstić information content (AvgIpc) is 2.80. The van der Waals surface area contributed by atoms with Gasteiger partial charge in [0.05, 0.1) is 18.8 Å². The molecule has 0 saturated carbocycles. The molecule has 3 nitrogen and oxygen atoms in total. The van der Waals surface area contributed by atoms with E-state index in [0.717, 1.165) is 34.8 Å². The lowest BCUT2D eigenvalue weighted by Gasteiger charge is -2.11. The second-order valence-electron chi connectivity index (χ2n) is 5.47. The summed E-state index contributed by atoms with van der Waals surface area (Å²) < 4.78 is 11.2. The van der Waals surface area contributed by atoms with Crippen LogP contribution in [0.3, 0.4) is 0 Å². The molecule has 0 bridgehead atoms. The average molecular weight is 274 g/mol. The zero-order valence-corrected chi connectivity index (χ0v) is 12.5. The van der Waals surface area contributed by atoms with E-state index in [4.69, 9.17) is 9.15 Å². The molecular weight excluding hydrogens is 252 g/mol. The minimum absolute atomic E-state index is 0.439. The third kappa shape index (κ3) is 3.05. The second kappa shape index (κ2) is 6.14. The molecule has 2 aromatic rings. The number of rotatable bonds is 5. The Morgan fingerprint density at radius 1 is 1.25 bits per heavy atom. The minimum Gasteiger partial charge on any atom is -0.496 e. The van der Waals surface area contributed by atoms with Crippen LogP contribution in [-0.4, -0.2) is 12.2 Å². The van der Waals surface area contributed by atoms with Crippen LogP contribution >= 0.6 is 0 Å². The van der Waals surface area contributed by atoms with Gasteiger partial charge >= 0.3 is 0 Å². The molecule has 1 aromatic carbocycles. The largest absolute Gasteiger partial charge is 0.496 e. The van der Waals surface area contributed by atoms with Gasteiger partial charge in [-0.25, -0.2) is 0 Å². The Balaban J connectivity index is 2.36. The zero-order valence-electron chi connectivity index (χ0n) is 12.5. The van der Waals surface area contributed by atoms with Gasteiger partial charge in [0.15, 0.2) is 0 Å². The Hall–Kier alpha value is -1.74. The first-order valence-corrected chi connectivity index (χ1v) is 6.94. The van der Waals surface area contributed by atoms with Crippen LogP contribution in [-0.2, 0) is 0 Å². The van der Waals surface area contributed by atoms with Crippen molar-refractivity contribution in [1.82, 2.24) is 0 Å². The highest BCUT2D eigenvalue weighted by molar-refractivity contribution is 5.66. The van der Waals surface area contributed by atoms with Crippen molar-refractivity contribution in [1.29, 1.82) is 0 Å². The normalized spacial score (nSPS) is 12.7. The number of hydrogen-bond donors (Lipinski definition) is 1. The van der Waals surface area contributed by atoms with Gasteiger partial charge in [0.25, 0.3) is 0 Å². The zero-order chi connectivity index (χ0) is 14.7. The van der Waals surface area contributed by atoms with Crippen molar-refractivity contribution in [3.8, 4) is 17.1 Å². The van der Waals surface area contributed by atoms with Gasteiger partial charge in [-0.15, -0.1) is 0 Å². The van der Waals surface area contributed by atoms with E-state index in [0.29, 0.717) is 5.92 Å². The van der Waals surface area contributed by atoms with E-state index in [9.17, 15) is 5.11 Å². The van der Waals surface area contributed by atoms with E-state index in [2.05, 4.69) is 13.8 Å². The van der Waals surface area contributed by atoms with Gasteiger partial charge in [-0.05, 0) is 37.5 Å². The molecule has 0 aliphatic carbocycles. The maximum absolute atomic E-state index is 10.3. The molecule has 1 heterocycles. The number of para-hydroxylation sites is 1. The number of methoxy groups -OCH3 is 1. The first-order chi connectivity index (χ1) is 9.52. The highest BCUT2D eigenvalue weighted by Gasteiger charge is 2.19. The van der Waals surface area contributed by atoms with Crippen LogP contribution in [0.1, 0.15) is 37.7 Å². The summed E-state index contributed by atoms with van der Waals surface area (Å²) in [7, 11) is 1.64. The Morgan fingerprint density at radius 2 is 1.95 bits per heavy atom. The standard InChI is InChI=1S/C17H22O3/c1-11(2)9-15(18)14-10-17(20-12(14)3)13-7-5-6-8-16(13)19-4/h5-8,10-11,15,18H,9H2,1-4H3. The summed E-state index contributed by atoms with van der Waals surface area (Å²) in [6.07, 6.45) is 0.244. The summed E-state index contributed by atoms with van der Waals surface area (Å²) in [6, 6.07) is 9.64. The topological polar surface area (TPSA) is 42.6 Å². The quantitative estimate of drug-likeness (QED) is 0.881. The third-order valence-electron chi connectivity index (χ3n) is 3.38. The molecule has 3 heteroatoms. The van der Waals surface area contributed by atoms with Gasteiger partial charge < -0.3 is 14.3 Å². The lowest BCUT2D eigenvalue weighted by molar-refractivity contribution is 0.149. The Kier molecular flexibility index (Phi) is 4.50. The first-order valence-electron chi connectivity index (χ1n) is 6.94. The van der Waals surface area contributed by atoms with Crippen molar-refractivity contribution < 1.29 is 14.3 Å². The molecule has 1 unspecified atom stereocenters. The Bertz CT molecular complexity index is 569. The molecule has 1 N–H and O–H groups in total. The maximum atomic E-state index is 10.3. The molecule has 0 amide bonds. The number of ether oxygens (including phenoxy) is 1. The fraction of sp³-hybridized carbons (Fsp3) is 0.412. The van der Waals surface area contributed by atoms with Crippen LogP contribution < -0.4 is 4.74 Å². The van der Waals surface area contributed by atoms with Crippen LogP contribution in [0.2, 0.25) is 0 Å². The molecule has 0 aliphatic rings. The van der Waals surface area contributed by atoms with Crippen LogP contribution in [0.5, 0.6) is 5.75 Å². The van der Waals surface area contributed by atoms with E-state index in [1.54, 1.807) is 7.11 Å². The minimum atomic E-state index is -0.484. The summed E-state index contributed by atoms with van der Waals surface area (Å²) in [6.45, 7) is 6.08. The predicted octanol–water partition coefficient (Wildman–Crippen LogP) is 4.34. The molecule has 20 heavy (non-hydrogen) atoms. The summed E-state index contributed by atoms with van der Waals surface area (Å²) >= 11 is 0. The smallest absolute Gasteiger partial charge is 0.138 e. The number of aryl methyl sites for hydroxylation is 1. The van der Waals surface area contributed by atoms with Crippen molar-refractivity contribution >= 4 is 0 Å². The molecular formula is C17H22O3. The molecule has 0 aliphatic heterocycles. The van der Waals surface area contributed by atoms with Crippen LogP contribution in [0.25, 0.3) is 11.3 Å². The number of benzene rings is 1. The van der Waals surface area contributed by atoms with Crippen LogP contribution in [0.15, 0.2) is 34.7 Å². The Morgan fingerprint density at radius 3 is 2.60 bits per heavy atom. The number of hydrogen-bond acceptors (Lipinski definition) is 3. The number of aliphatic hydroxyl groups excluding tert-OH is 1. The molecule has 1 aromatic heterocycles. The fourth-order valence-electron chi connectivity index (χ4n) is 2.38. The van der Waals surface area contributed by atoms with Crippen molar-refractivity contribution in [2.24, 2.45) is 5.92 Å². The van der Waals surface area contributed by atoms with Crippen LogP contribution in [0.4, 0.5) is 0 Å². The van der Waals surface area contributed by atoms with E-state index in [-0.39, 0.29) is 0 Å². The van der Waals surface area contributed by atoms with Gasteiger partial charge in [-0.1, -0.05) is 26.0 Å². The molecule has 1 atom stereocenters. The van der Waals surface area contributed by atoms with Crippen molar-refractivity contribution in [3.05, 3.63) is 41.7 Å². The summed E-state index contributed by atoms with van der Waals surface area (Å²) in [4.78, 5) is 0. The molecule has 108 valence electrons. The van der Waals surface area contributed by atoms with Crippen molar-refractivity contribution in [2.45, 2.75) is 33.3 Å². The predicted molar refractivity (Wildman–Crippen MR) is 79.8 cm³/mol. The van der Waals surface area contributed by atoms with Crippen molar-refractivity contribution in [2.75, 3.05) is 7.11 Å². The SMILES string of the molecule is COc1ccccc1-c1cc(C(O)CC(C)C)c(C)o1. The number of aliphatic hydroxyl groups is 1. The molecule has 2 rings (SSSR count). The van der Waals surface area contributed by atoms with E-state index >= 15 is 0 Å². The van der Waals surface area contributed by atoms with Gasteiger partial charge in [0.2, 0.25) is 0 Å². The second-order valence-corrected chi connectivity index (χ2v) is 5.47. The summed E-state index contributed by atoms with van der Waals surface area (Å²) in [5, 5.41) is 10.3. The summed E-state index contributed by atoms with van der Waals surface area (Å²) in [5.41, 5.74) is 1.76. The first kappa shape index (κ1) is 14.7. The third-order valence-corrected chi connectivity index (χ3v) is 3.38. The van der Waals surface area contributed by atoms with Crippen molar-refractivity contribution in [3.63, 3.8) is 0 Å². The van der Waals surface area contributed by atoms with Gasteiger partial charge in [-0.3, -0.25) is 0 Å². The number of furan rings is 1. The maximum Gasteiger partial charge on any atom is 0.138 e. The van der Waals surface area contributed by atoms with E-state index < -0.39 is 6.10 Å².